The van der Waals surface area contributed by atoms with E-state index >= 15 is 0 Å². The second-order valence-corrected chi connectivity index (χ2v) is 7.45. The smallest absolute Gasteiger partial charge is 0.475 e. The number of benzene rings is 2. The average Bonchev–Trinajstić information content (AvgIpc) is 3.12. The molecule has 0 unspecified atom stereocenters. The van der Waals surface area contributed by atoms with Gasteiger partial charge in [0.2, 0.25) is 0 Å². The highest BCUT2D eigenvalue weighted by molar-refractivity contribution is 5.83. The molecule has 0 saturated heterocycles. The normalized spacial score (nSPS) is 11.4. The molecule has 0 amide bonds. The van der Waals surface area contributed by atoms with Gasteiger partial charge in [-0.2, -0.15) is 13.2 Å². The summed E-state index contributed by atoms with van der Waals surface area (Å²) in [4.78, 5) is 16.4. The Morgan fingerprint density at radius 1 is 1.20 bits per heavy atom. The summed E-state index contributed by atoms with van der Waals surface area (Å²) in [6.07, 6.45) is -2.11. The van der Waals surface area contributed by atoms with E-state index in [9.17, 15) is 13.2 Å². The van der Waals surface area contributed by atoms with Crippen molar-refractivity contribution < 1.29 is 23.1 Å². The molecule has 0 bridgehead atoms. The predicted molar refractivity (Wildman–Crippen MR) is 111 cm³/mol. The fourth-order valence-corrected chi connectivity index (χ4v) is 2.82. The number of aromatic nitrogens is 2. The Bertz CT molecular complexity index is 964. The number of aromatic amines is 1. The molecule has 3 N–H and O–H groups in total. The maximum Gasteiger partial charge on any atom is 0.490 e. The zero-order valence-corrected chi connectivity index (χ0v) is 17.2. The summed E-state index contributed by atoms with van der Waals surface area (Å²) in [6, 6.07) is 13.2. The van der Waals surface area contributed by atoms with Crippen molar-refractivity contribution in [2.45, 2.75) is 39.9 Å². The van der Waals surface area contributed by atoms with Gasteiger partial charge in [-0.15, -0.1) is 0 Å². The van der Waals surface area contributed by atoms with Gasteiger partial charge in [-0.25, -0.2) is 9.78 Å². The quantitative estimate of drug-likeness (QED) is 0.472. The molecule has 0 aliphatic heterocycles. The van der Waals surface area contributed by atoms with Crippen LogP contribution >= 0.6 is 0 Å². The molecule has 5 nitrogen and oxygen atoms in total. The molecule has 0 saturated carbocycles. The Morgan fingerprint density at radius 3 is 2.40 bits per heavy atom. The van der Waals surface area contributed by atoms with Crippen LogP contribution in [0.2, 0.25) is 0 Å². The number of H-pyrrole nitrogens is 1. The molecule has 1 heterocycles. The van der Waals surface area contributed by atoms with Crippen LogP contribution in [0.3, 0.4) is 0 Å². The van der Waals surface area contributed by atoms with Crippen molar-refractivity contribution in [3.8, 4) is 11.1 Å². The fourth-order valence-electron chi connectivity index (χ4n) is 2.82. The van der Waals surface area contributed by atoms with E-state index < -0.39 is 12.1 Å². The largest absolute Gasteiger partial charge is 0.490 e. The van der Waals surface area contributed by atoms with Crippen LogP contribution in [0, 0.1) is 12.8 Å². The molecule has 162 valence electrons. The highest BCUT2D eigenvalue weighted by Gasteiger charge is 2.38. The van der Waals surface area contributed by atoms with E-state index in [4.69, 9.17) is 9.90 Å². The summed E-state index contributed by atoms with van der Waals surface area (Å²) in [6.45, 7) is 8.68. The second-order valence-electron chi connectivity index (χ2n) is 7.45. The molecule has 0 aliphatic carbocycles. The van der Waals surface area contributed by atoms with E-state index in [1.807, 2.05) is 0 Å². The lowest BCUT2D eigenvalue weighted by molar-refractivity contribution is -0.192. The first-order valence-corrected chi connectivity index (χ1v) is 9.61. The number of halogens is 3. The van der Waals surface area contributed by atoms with Crippen LogP contribution in [-0.2, 0) is 11.3 Å². The number of aryl methyl sites for hydroxylation is 1. The Kier molecular flexibility index (Phi) is 8.00. The van der Waals surface area contributed by atoms with Crippen LogP contribution in [0.4, 0.5) is 13.2 Å². The zero-order chi connectivity index (χ0) is 22.3. The fraction of sp³-hybridized carbons (Fsp3) is 0.364. The lowest BCUT2D eigenvalue weighted by Crippen LogP contribution is -2.21. The molecule has 0 aliphatic rings. The monoisotopic (exact) mass is 421 g/mol. The van der Waals surface area contributed by atoms with E-state index in [2.05, 4.69) is 72.5 Å². The number of carbonyl (C=O) groups is 1. The van der Waals surface area contributed by atoms with Crippen molar-refractivity contribution in [2.75, 3.05) is 6.54 Å². The molecular formula is C22H26F3N3O2. The second kappa shape index (κ2) is 10.2. The molecule has 2 aromatic carbocycles. The molecule has 1 aromatic heterocycles. The molecule has 3 aromatic rings. The highest BCUT2D eigenvalue weighted by atomic mass is 19.4. The number of rotatable bonds is 6. The van der Waals surface area contributed by atoms with Crippen LogP contribution in [0.15, 0.2) is 42.7 Å². The zero-order valence-electron chi connectivity index (χ0n) is 17.2. The van der Waals surface area contributed by atoms with Crippen molar-refractivity contribution in [3.05, 3.63) is 53.9 Å². The molecule has 0 spiro atoms. The van der Waals surface area contributed by atoms with E-state index in [1.165, 1.54) is 28.7 Å². The Labute approximate surface area is 173 Å². The van der Waals surface area contributed by atoms with Gasteiger partial charge in [-0.1, -0.05) is 38.1 Å². The minimum Gasteiger partial charge on any atom is -0.475 e. The van der Waals surface area contributed by atoms with Crippen molar-refractivity contribution in [2.24, 2.45) is 5.92 Å². The summed E-state index contributed by atoms with van der Waals surface area (Å²) in [7, 11) is 0. The third kappa shape index (κ3) is 6.88. The van der Waals surface area contributed by atoms with Crippen molar-refractivity contribution in [3.63, 3.8) is 0 Å². The third-order valence-corrected chi connectivity index (χ3v) is 4.50. The van der Waals surface area contributed by atoms with Crippen LogP contribution in [-0.4, -0.2) is 33.8 Å². The van der Waals surface area contributed by atoms with E-state index in [0.29, 0.717) is 0 Å². The summed E-state index contributed by atoms with van der Waals surface area (Å²) in [5.41, 5.74) is 7.22. The average molecular weight is 421 g/mol. The minimum absolute atomic E-state index is 0.755. The summed E-state index contributed by atoms with van der Waals surface area (Å²) < 4.78 is 31.7. The van der Waals surface area contributed by atoms with Crippen molar-refractivity contribution in [1.29, 1.82) is 0 Å². The van der Waals surface area contributed by atoms with E-state index in [-0.39, 0.29) is 0 Å². The topological polar surface area (TPSA) is 78.0 Å². The SMILES string of the molecule is Cc1cc2nc[nH]c2cc1-c1ccc(CNCCC(C)C)cc1.O=C(O)C(F)(F)F. The van der Waals surface area contributed by atoms with Gasteiger partial charge in [0, 0.05) is 6.54 Å². The number of nitrogens with zero attached hydrogens (tertiary/aromatic N) is 1. The molecule has 0 atom stereocenters. The number of carboxylic acid groups (broad SMARTS) is 1. The van der Waals surface area contributed by atoms with Gasteiger partial charge in [0.25, 0.3) is 0 Å². The molecule has 30 heavy (non-hydrogen) atoms. The van der Waals surface area contributed by atoms with Crippen molar-refractivity contribution >= 4 is 17.0 Å². The van der Waals surface area contributed by atoms with Gasteiger partial charge in [-0.3, -0.25) is 0 Å². The molecule has 3 rings (SSSR count). The Balaban J connectivity index is 0.000000396. The highest BCUT2D eigenvalue weighted by Crippen LogP contribution is 2.27. The predicted octanol–water partition coefficient (Wildman–Crippen LogP) is 5.31. The number of imidazole rings is 1. The number of hydrogen-bond donors (Lipinski definition) is 3. The van der Waals surface area contributed by atoms with Crippen LogP contribution in [0.1, 0.15) is 31.4 Å². The number of fused-ring (bicyclic) bond motifs is 1. The molecular weight excluding hydrogens is 395 g/mol. The summed E-state index contributed by atoms with van der Waals surface area (Å²) in [5.74, 6) is -2.00. The lowest BCUT2D eigenvalue weighted by Gasteiger charge is -2.09. The van der Waals surface area contributed by atoms with Gasteiger partial charge in [0.05, 0.1) is 17.4 Å². The summed E-state index contributed by atoms with van der Waals surface area (Å²) >= 11 is 0. The van der Waals surface area contributed by atoms with Gasteiger partial charge in [0.15, 0.2) is 0 Å². The van der Waals surface area contributed by atoms with Gasteiger partial charge in [0.1, 0.15) is 0 Å². The van der Waals surface area contributed by atoms with Crippen molar-refractivity contribution in [1.82, 2.24) is 15.3 Å². The standard InChI is InChI=1S/C20H25N3.C2HF3O2/c1-14(2)8-9-21-12-16-4-6-17(7-5-16)18-11-20-19(10-15(18)3)22-13-23-20;3-2(4,5)1(6)7/h4-7,10-11,13-14,21H,8-9,12H2,1-3H3,(H,22,23);(H,6,7). The lowest BCUT2D eigenvalue weighted by atomic mass is 9.99. The minimum atomic E-state index is -5.08. The van der Waals surface area contributed by atoms with Gasteiger partial charge < -0.3 is 15.4 Å². The van der Waals surface area contributed by atoms with Crippen LogP contribution in [0.25, 0.3) is 22.2 Å². The number of hydrogen-bond acceptors (Lipinski definition) is 3. The number of aliphatic carboxylic acids is 1. The van der Waals surface area contributed by atoms with E-state index in [1.54, 1.807) is 6.33 Å². The Hall–Kier alpha value is -2.87. The summed E-state index contributed by atoms with van der Waals surface area (Å²) in [5, 5.41) is 10.6. The van der Waals surface area contributed by atoms with Crippen LogP contribution < -0.4 is 5.32 Å². The maximum atomic E-state index is 10.6. The Morgan fingerprint density at radius 2 is 1.83 bits per heavy atom. The van der Waals surface area contributed by atoms with Crippen LogP contribution in [0.5, 0.6) is 0 Å². The third-order valence-electron chi connectivity index (χ3n) is 4.50. The number of carboxylic acids is 1. The number of nitrogens with one attached hydrogen (secondary N) is 2. The number of alkyl halides is 3. The van der Waals surface area contributed by atoms with E-state index in [0.717, 1.165) is 30.0 Å². The maximum absolute atomic E-state index is 10.6. The van der Waals surface area contributed by atoms with Gasteiger partial charge >= 0.3 is 12.1 Å². The first kappa shape index (κ1) is 23.4. The first-order chi connectivity index (χ1) is 14.1. The molecule has 8 heteroatoms. The first-order valence-electron chi connectivity index (χ1n) is 9.61. The van der Waals surface area contributed by atoms with Gasteiger partial charge in [-0.05, 0) is 60.2 Å². The molecule has 0 fully saturated rings. The molecule has 0 radical (unpaired) electrons.